The summed E-state index contributed by atoms with van der Waals surface area (Å²) in [5.74, 6) is -0.442. The van der Waals surface area contributed by atoms with E-state index in [1.54, 1.807) is 19.1 Å². The van der Waals surface area contributed by atoms with Crippen LogP contribution < -0.4 is 0 Å². The van der Waals surface area contributed by atoms with E-state index in [-0.39, 0.29) is 5.92 Å². The molecule has 23 heavy (non-hydrogen) atoms. The smallest absolute Gasteiger partial charge is 0.341 e. The van der Waals surface area contributed by atoms with Crippen LogP contribution in [0.4, 0.5) is 0 Å². The second-order valence-electron chi connectivity index (χ2n) is 5.55. The predicted octanol–water partition coefficient (Wildman–Crippen LogP) is 4.37. The molecule has 0 unspecified atom stereocenters. The summed E-state index contributed by atoms with van der Waals surface area (Å²) in [6, 6.07) is 16.8. The Morgan fingerprint density at radius 1 is 1.17 bits per heavy atom. The van der Waals surface area contributed by atoms with Gasteiger partial charge in [0.1, 0.15) is 0 Å². The number of carbonyl (C=O) groups excluding carboxylic acids is 1. The molecule has 1 heterocycles. The number of ether oxygens (including phenoxy) is 1. The molecule has 0 spiro atoms. The Balaban J connectivity index is 2.06. The number of rotatable bonds is 4. The van der Waals surface area contributed by atoms with E-state index in [0.29, 0.717) is 10.9 Å². The van der Waals surface area contributed by atoms with Crippen molar-refractivity contribution in [3.8, 4) is 0 Å². The highest BCUT2D eigenvalue weighted by molar-refractivity contribution is 6.31. The van der Waals surface area contributed by atoms with Crippen LogP contribution in [0.1, 0.15) is 24.0 Å². The number of nitrogens with zero attached hydrogens (tertiary/aromatic N) is 1. The van der Waals surface area contributed by atoms with E-state index in [4.69, 9.17) is 16.3 Å². The molecule has 2 aromatic carbocycles. The van der Waals surface area contributed by atoms with E-state index in [1.165, 1.54) is 0 Å². The Morgan fingerprint density at radius 2 is 1.83 bits per heavy atom. The topological polar surface area (TPSA) is 38.7 Å². The van der Waals surface area contributed by atoms with Crippen LogP contribution in [0.3, 0.4) is 0 Å². The van der Waals surface area contributed by atoms with Gasteiger partial charge in [-0.1, -0.05) is 54.1 Å². The lowest BCUT2D eigenvalue weighted by Crippen LogP contribution is -2.36. The minimum absolute atomic E-state index is 0.331. The molecule has 0 radical (unpaired) electrons. The molecule has 0 fully saturated rings. The van der Waals surface area contributed by atoms with Crippen LogP contribution in [0.2, 0.25) is 5.02 Å². The van der Waals surface area contributed by atoms with Crippen molar-refractivity contribution < 1.29 is 9.53 Å². The molecule has 0 N–H and O–H groups in total. The second-order valence-corrected chi connectivity index (χ2v) is 5.96. The summed E-state index contributed by atoms with van der Waals surface area (Å²) < 4.78 is 5.43. The standard InChI is InChI=1S/C19H16ClNO2/c1-3-15(14-11-7-8-12-16(14)20)19(2)18(22)23-17(21-19)13-9-5-4-6-10-13/h3-12,15H,1H2,2H3/t15-,19+/m1/s1. The van der Waals surface area contributed by atoms with Crippen LogP contribution >= 0.6 is 11.6 Å². The van der Waals surface area contributed by atoms with Crippen LogP contribution in [0.25, 0.3) is 0 Å². The summed E-state index contributed by atoms with van der Waals surface area (Å²) >= 11 is 6.29. The highest BCUT2D eigenvalue weighted by atomic mass is 35.5. The van der Waals surface area contributed by atoms with Gasteiger partial charge in [0.25, 0.3) is 0 Å². The molecular formula is C19H16ClNO2. The fourth-order valence-corrected chi connectivity index (χ4v) is 3.01. The summed E-state index contributed by atoms with van der Waals surface area (Å²) in [5, 5.41) is 0.579. The molecule has 0 amide bonds. The quantitative estimate of drug-likeness (QED) is 0.618. The van der Waals surface area contributed by atoms with E-state index in [1.807, 2.05) is 48.5 Å². The largest absolute Gasteiger partial charge is 0.405 e. The number of cyclic esters (lactones) is 1. The molecule has 0 bridgehead atoms. The van der Waals surface area contributed by atoms with E-state index >= 15 is 0 Å². The molecule has 3 rings (SSSR count). The Labute approximate surface area is 140 Å². The number of hydrogen-bond donors (Lipinski definition) is 0. The Morgan fingerprint density at radius 3 is 2.48 bits per heavy atom. The van der Waals surface area contributed by atoms with Crippen molar-refractivity contribution in [3.63, 3.8) is 0 Å². The van der Waals surface area contributed by atoms with Gasteiger partial charge in [-0.25, -0.2) is 9.79 Å². The Hall–Kier alpha value is -2.39. The number of benzene rings is 2. The molecule has 0 aliphatic carbocycles. The number of carbonyl (C=O) groups is 1. The normalized spacial score (nSPS) is 21.5. The van der Waals surface area contributed by atoms with Crippen molar-refractivity contribution in [2.24, 2.45) is 4.99 Å². The number of aliphatic imine (C=N–C) groups is 1. The number of esters is 1. The minimum Gasteiger partial charge on any atom is -0.405 e. The first kappa shape index (κ1) is 15.5. The molecule has 0 aromatic heterocycles. The summed E-state index contributed by atoms with van der Waals surface area (Å²) in [7, 11) is 0. The molecule has 0 saturated carbocycles. The lowest BCUT2D eigenvalue weighted by atomic mass is 9.81. The van der Waals surface area contributed by atoms with Crippen LogP contribution in [0.15, 0.2) is 72.2 Å². The van der Waals surface area contributed by atoms with E-state index in [9.17, 15) is 4.79 Å². The third kappa shape index (κ3) is 2.68. The molecule has 116 valence electrons. The van der Waals surface area contributed by atoms with E-state index < -0.39 is 11.5 Å². The second kappa shape index (κ2) is 6.01. The lowest BCUT2D eigenvalue weighted by Gasteiger charge is -2.26. The summed E-state index contributed by atoms with van der Waals surface area (Å²) in [5.41, 5.74) is 0.492. The maximum absolute atomic E-state index is 12.5. The fraction of sp³-hybridized carbons (Fsp3) is 0.158. The molecule has 1 aliphatic heterocycles. The monoisotopic (exact) mass is 325 g/mol. The SMILES string of the molecule is C=C[C@H](c1ccccc1Cl)[C@]1(C)N=C(c2ccccc2)OC1=O. The average molecular weight is 326 g/mol. The first-order chi connectivity index (χ1) is 11.1. The Bertz CT molecular complexity index is 785. The molecule has 4 heteroatoms. The van der Waals surface area contributed by atoms with Crippen molar-refractivity contribution >= 4 is 23.5 Å². The highest BCUT2D eigenvalue weighted by Gasteiger charge is 2.48. The van der Waals surface area contributed by atoms with Crippen molar-refractivity contribution in [3.05, 3.63) is 83.4 Å². The fourth-order valence-electron chi connectivity index (χ4n) is 2.76. The van der Waals surface area contributed by atoms with Crippen LogP contribution in [0.5, 0.6) is 0 Å². The average Bonchev–Trinajstić information content (AvgIpc) is 2.87. The van der Waals surface area contributed by atoms with Crippen molar-refractivity contribution in [1.29, 1.82) is 0 Å². The Kier molecular flexibility index (Phi) is 4.05. The zero-order valence-corrected chi connectivity index (χ0v) is 13.5. The third-order valence-corrected chi connectivity index (χ3v) is 4.38. The van der Waals surface area contributed by atoms with Crippen molar-refractivity contribution in [2.75, 3.05) is 0 Å². The third-order valence-electron chi connectivity index (χ3n) is 4.04. The van der Waals surface area contributed by atoms with Gasteiger partial charge in [0.05, 0.1) is 0 Å². The van der Waals surface area contributed by atoms with Crippen LogP contribution in [-0.2, 0) is 9.53 Å². The van der Waals surface area contributed by atoms with Gasteiger partial charge in [-0.2, -0.15) is 0 Å². The maximum Gasteiger partial charge on any atom is 0.341 e. The minimum atomic E-state index is -1.09. The van der Waals surface area contributed by atoms with Crippen molar-refractivity contribution in [2.45, 2.75) is 18.4 Å². The maximum atomic E-state index is 12.5. The summed E-state index contributed by atoms with van der Waals surface area (Å²) in [6.07, 6.45) is 1.69. The van der Waals surface area contributed by atoms with Crippen molar-refractivity contribution in [1.82, 2.24) is 0 Å². The molecule has 1 aliphatic rings. The van der Waals surface area contributed by atoms with E-state index in [0.717, 1.165) is 11.1 Å². The van der Waals surface area contributed by atoms with Gasteiger partial charge in [-0.15, -0.1) is 6.58 Å². The van der Waals surface area contributed by atoms with Crippen LogP contribution in [0, 0.1) is 0 Å². The molecule has 2 atom stereocenters. The van der Waals surface area contributed by atoms with Crippen LogP contribution in [-0.4, -0.2) is 17.4 Å². The summed E-state index contributed by atoms with van der Waals surface area (Å²) in [4.78, 5) is 17.1. The summed E-state index contributed by atoms with van der Waals surface area (Å²) in [6.45, 7) is 5.62. The van der Waals surface area contributed by atoms with Gasteiger partial charge < -0.3 is 4.74 Å². The predicted molar refractivity (Wildman–Crippen MR) is 91.9 cm³/mol. The number of halogens is 1. The van der Waals surface area contributed by atoms with Gasteiger partial charge in [-0.3, -0.25) is 0 Å². The van der Waals surface area contributed by atoms with Gasteiger partial charge in [0, 0.05) is 16.5 Å². The van der Waals surface area contributed by atoms with E-state index in [2.05, 4.69) is 11.6 Å². The molecule has 3 nitrogen and oxygen atoms in total. The lowest BCUT2D eigenvalue weighted by molar-refractivity contribution is -0.138. The van der Waals surface area contributed by atoms with Gasteiger partial charge in [0.2, 0.25) is 5.90 Å². The first-order valence-electron chi connectivity index (χ1n) is 7.31. The zero-order valence-electron chi connectivity index (χ0n) is 12.7. The molecular weight excluding hydrogens is 310 g/mol. The molecule has 0 saturated heterocycles. The number of hydrogen-bond acceptors (Lipinski definition) is 3. The van der Waals surface area contributed by atoms with Gasteiger partial charge in [0.15, 0.2) is 5.54 Å². The zero-order chi connectivity index (χ0) is 16.4. The van der Waals surface area contributed by atoms with Gasteiger partial charge >= 0.3 is 5.97 Å². The highest BCUT2D eigenvalue weighted by Crippen LogP contribution is 2.40. The first-order valence-corrected chi connectivity index (χ1v) is 7.68. The van der Waals surface area contributed by atoms with Gasteiger partial charge in [-0.05, 0) is 30.7 Å². The molecule has 2 aromatic rings.